The topological polar surface area (TPSA) is 52.2 Å². The van der Waals surface area contributed by atoms with Crippen LogP contribution in [0.1, 0.15) is 11.1 Å². The molecule has 0 bridgehead atoms. The molecular weight excluding hydrogens is 228 g/mol. The zero-order valence-electron chi connectivity index (χ0n) is 9.95. The molecule has 0 fully saturated rings. The Bertz CT molecular complexity index is 757. The van der Waals surface area contributed by atoms with Crippen LogP contribution >= 0.6 is 0 Å². The third-order valence-electron chi connectivity index (χ3n) is 2.75. The van der Waals surface area contributed by atoms with Gasteiger partial charge in [0.15, 0.2) is 5.65 Å². The fraction of sp³-hybridized carbons (Fsp3) is 0.154. The summed E-state index contributed by atoms with van der Waals surface area (Å²) < 4.78 is 2.98. The van der Waals surface area contributed by atoms with Crippen molar-refractivity contribution in [1.29, 1.82) is 0 Å². The highest BCUT2D eigenvalue weighted by atomic mass is 16.2. The van der Waals surface area contributed by atoms with Crippen molar-refractivity contribution in [3.05, 3.63) is 64.5 Å². The van der Waals surface area contributed by atoms with Crippen molar-refractivity contribution in [2.45, 2.75) is 13.5 Å². The minimum absolute atomic E-state index is 0.132. The molecule has 5 nitrogen and oxygen atoms in total. The minimum atomic E-state index is -0.132. The predicted molar refractivity (Wildman–Crippen MR) is 67.5 cm³/mol. The fourth-order valence-electron chi connectivity index (χ4n) is 1.95. The van der Waals surface area contributed by atoms with Gasteiger partial charge in [0, 0.05) is 18.6 Å². The molecule has 18 heavy (non-hydrogen) atoms. The van der Waals surface area contributed by atoms with Gasteiger partial charge in [0.1, 0.15) is 0 Å². The third-order valence-corrected chi connectivity index (χ3v) is 2.75. The molecule has 3 aromatic heterocycles. The van der Waals surface area contributed by atoms with Crippen LogP contribution in [0.3, 0.4) is 0 Å². The molecule has 5 heteroatoms. The summed E-state index contributed by atoms with van der Waals surface area (Å²) in [6, 6.07) is 7.49. The summed E-state index contributed by atoms with van der Waals surface area (Å²) in [5.41, 5.74) is 2.57. The lowest BCUT2D eigenvalue weighted by molar-refractivity contribution is 0.656. The van der Waals surface area contributed by atoms with Crippen LogP contribution in [0.25, 0.3) is 5.65 Å². The second-order valence-electron chi connectivity index (χ2n) is 4.24. The van der Waals surface area contributed by atoms with Crippen molar-refractivity contribution in [2.24, 2.45) is 0 Å². The van der Waals surface area contributed by atoms with Crippen molar-refractivity contribution in [2.75, 3.05) is 0 Å². The first-order valence-corrected chi connectivity index (χ1v) is 5.69. The highest BCUT2D eigenvalue weighted by Gasteiger charge is 2.06. The van der Waals surface area contributed by atoms with Gasteiger partial charge in [-0.25, -0.2) is 9.48 Å². The number of hydrogen-bond donors (Lipinski definition) is 0. The van der Waals surface area contributed by atoms with Gasteiger partial charge in [0.2, 0.25) is 0 Å². The largest absolute Gasteiger partial charge is 0.350 e. The molecule has 0 N–H and O–H groups in total. The Morgan fingerprint density at radius 2 is 2.17 bits per heavy atom. The fourth-order valence-corrected chi connectivity index (χ4v) is 1.95. The quantitative estimate of drug-likeness (QED) is 0.677. The number of nitrogens with zero attached hydrogens (tertiary/aromatic N) is 4. The van der Waals surface area contributed by atoms with E-state index in [0.717, 1.165) is 11.1 Å². The molecule has 0 radical (unpaired) electrons. The van der Waals surface area contributed by atoms with E-state index in [9.17, 15) is 4.79 Å². The van der Waals surface area contributed by atoms with Crippen LogP contribution in [-0.2, 0) is 6.54 Å². The van der Waals surface area contributed by atoms with Gasteiger partial charge < -0.3 is 0 Å². The van der Waals surface area contributed by atoms with Gasteiger partial charge in [-0.1, -0.05) is 12.1 Å². The highest BCUT2D eigenvalue weighted by Crippen LogP contribution is 2.03. The van der Waals surface area contributed by atoms with Gasteiger partial charge >= 0.3 is 5.69 Å². The maximum absolute atomic E-state index is 12.1. The summed E-state index contributed by atoms with van der Waals surface area (Å²) in [5.74, 6) is 0. The molecule has 0 aliphatic rings. The van der Waals surface area contributed by atoms with E-state index in [1.807, 2.05) is 31.2 Å². The average Bonchev–Trinajstić information content (AvgIpc) is 2.67. The molecule has 0 aliphatic heterocycles. The lowest BCUT2D eigenvalue weighted by Crippen LogP contribution is -2.21. The Balaban J connectivity index is 2.05. The number of aromatic nitrogens is 4. The molecule has 0 saturated heterocycles. The summed E-state index contributed by atoms with van der Waals surface area (Å²) in [6.07, 6.45) is 5.26. The van der Waals surface area contributed by atoms with Gasteiger partial charge in [0.25, 0.3) is 0 Å². The van der Waals surface area contributed by atoms with Crippen LogP contribution in [-0.4, -0.2) is 19.2 Å². The second kappa shape index (κ2) is 4.10. The number of hydrogen-bond acceptors (Lipinski definition) is 3. The van der Waals surface area contributed by atoms with Gasteiger partial charge in [-0.2, -0.15) is 0 Å². The number of fused-ring (bicyclic) bond motifs is 1. The lowest BCUT2D eigenvalue weighted by atomic mass is 10.2. The zero-order chi connectivity index (χ0) is 12.5. The monoisotopic (exact) mass is 240 g/mol. The van der Waals surface area contributed by atoms with E-state index in [4.69, 9.17) is 0 Å². The molecule has 0 atom stereocenters. The van der Waals surface area contributed by atoms with Gasteiger partial charge in [-0.3, -0.25) is 9.38 Å². The van der Waals surface area contributed by atoms with Crippen molar-refractivity contribution in [1.82, 2.24) is 19.2 Å². The molecule has 3 rings (SSSR count). The van der Waals surface area contributed by atoms with Crippen LogP contribution in [0.15, 0.2) is 47.7 Å². The van der Waals surface area contributed by atoms with Crippen molar-refractivity contribution < 1.29 is 0 Å². The SMILES string of the molecule is Cc1cncc(Cn2nc3ccccn3c2=O)c1. The Kier molecular flexibility index (Phi) is 2.44. The standard InChI is InChI=1S/C13H12N4O/c1-10-6-11(8-14-7-10)9-17-13(18)16-5-3-2-4-12(16)15-17/h2-8H,9H2,1H3. The highest BCUT2D eigenvalue weighted by molar-refractivity contribution is 5.35. The summed E-state index contributed by atoms with van der Waals surface area (Å²) in [6.45, 7) is 2.41. The molecule has 0 unspecified atom stereocenters. The van der Waals surface area contributed by atoms with Crippen LogP contribution < -0.4 is 5.69 Å². The van der Waals surface area contributed by atoms with E-state index >= 15 is 0 Å². The summed E-state index contributed by atoms with van der Waals surface area (Å²) >= 11 is 0. The van der Waals surface area contributed by atoms with Crippen molar-refractivity contribution in [3.8, 4) is 0 Å². The number of pyridine rings is 2. The van der Waals surface area contributed by atoms with E-state index in [0.29, 0.717) is 12.2 Å². The average molecular weight is 240 g/mol. The maximum Gasteiger partial charge on any atom is 0.350 e. The molecular formula is C13H12N4O. The normalized spacial score (nSPS) is 10.9. The van der Waals surface area contributed by atoms with E-state index in [1.54, 1.807) is 18.6 Å². The van der Waals surface area contributed by atoms with Crippen LogP contribution in [0.4, 0.5) is 0 Å². The minimum Gasteiger partial charge on any atom is -0.264 e. The first kappa shape index (κ1) is 10.7. The Morgan fingerprint density at radius 3 is 2.94 bits per heavy atom. The molecule has 0 amide bonds. The Labute approximate surface area is 103 Å². The van der Waals surface area contributed by atoms with Crippen molar-refractivity contribution in [3.63, 3.8) is 0 Å². The van der Waals surface area contributed by atoms with Gasteiger partial charge in [0.05, 0.1) is 6.54 Å². The zero-order valence-corrected chi connectivity index (χ0v) is 9.95. The first-order chi connectivity index (χ1) is 8.74. The van der Waals surface area contributed by atoms with Crippen molar-refractivity contribution >= 4 is 5.65 Å². The smallest absolute Gasteiger partial charge is 0.264 e. The van der Waals surface area contributed by atoms with Gasteiger partial charge in [-0.05, 0) is 30.2 Å². The number of rotatable bonds is 2. The molecule has 0 aromatic carbocycles. The number of aryl methyl sites for hydroxylation is 1. The van der Waals surface area contributed by atoms with Crippen LogP contribution in [0.2, 0.25) is 0 Å². The molecule has 3 heterocycles. The Morgan fingerprint density at radius 1 is 1.28 bits per heavy atom. The maximum atomic E-state index is 12.1. The third kappa shape index (κ3) is 1.79. The van der Waals surface area contributed by atoms with Crippen LogP contribution in [0, 0.1) is 6.92 Å². The molecule has 90 valence electrons. The summed E-state index contributed by atoms with van der Waals surface area (Å²) in [5, 5.41) is 4.28. The summed E-state index contributed by atoms with van der Waals surface area (Å²) in [4.78, 5) is 16.2. The van der Waals surface area contributed by atoms with E-state index in [2.05, 4.69) is 10.1 Å². The van der Waals surface area contributed by atoms with E-state index < -0.39 is 0 Å². The van der Waals surface area contributed by atoms with Crippen LogP contribution in [0.5, 0.6) is 0 Å². The first-order valence-electron chi connectivity index (χ1n) is 5.69. The molecule has 0 aliphatic carbocycles. The molecule has 0 saturated carbocycles. The molecule has 0 spiro atoms. The lowest BCUT2D eigenvalue weighted by Gasteiger charge is -2.00. The Hall–Kier alpha value is -2.43. The summed E-state index contributed by atoms with van der Waals surface area (Å²) in [7, 11) is 0. The molecule has 3 aromatic rings. The van der Waals surface area contributed by atoms with Gasteiger partial charge in [-0.15, -0.1) is 5.10 Å². The van der Waals surface area contributed by atoms with E-state index in [-0.39, 0.29) is 5.69 Å². The van der Waals surface area contributed by atoms with E-state index in [1.165, 1.54) is 9.08 Å². The second-order valence-corrected chi connectivity index (χ2v) is 4.24. The predicted octanol–water partition coefficient (Wildman–Crippen LogP) is 1.25.